The molecule has 1 aromatic heterocycles. The molecule has 3 aromatic rings. The number of ether oxygens (including phenoxy) is 1. The molecule has 1 saturated carbocycles. The molecule has 0 atom stereocenters. The molecule has 4 fully saturated rings. The van der Waals surface area contributed by atoms with Crippen molar-refractivity contribution in [3.8, 4) is 0 Å². The molecule has 0 radical (unpaired) electrons. The van der Waals surface area contributed by atoms with Crippen LogP contribution >= 0.6 is 0 Å². The summed E-state index contributed by atoms with van der Waals surface area (Å²) in [6.45, 7) is 10.4. The van der Waals surface area contributed by atoms with E-state index in [1.165, 1.54) is 38.2 Å². The molecule has 0 bridgehead atoms. The Balaban J connectivity index is 0.000000686. The van der Waals surface area contributed by atoms with E-state index in [4.69, 9.17) is 10.5 Å². The number of benzene rings is 2. The van der Waals surface area contributed by atoms with Gasteiger partial charge in [0.1, 0.15) is 5.82 Å². The first kappa shape index (κ1) is 44.6. The average Bonchev–Trinajstić information content (AvgIpc) is 3.26. The van der Waals surface area contributed by atoms with Crippen molar-refractivity contribution in [3.63, 3.8) is 0 Å². The highest BCUT2D eigenvalue weighted by Crippen LogP contribution is 2.28. The highest BCUT2D eigenvalue weighted by molar-refractivity contribution is 5.95. The van der Waals surface area contributed by atoms with Crippen molar-refractivity contribution in [1.82, 2.24) is 29.8 Å². The van der Waals surface area contributed by atoms with Gasteiger partial charge in [-0.15, -0.1) is 0 Å². The van der Waals surface area contributed by atoms with Crippen LogP contribution in [0.1, 0.15) is 106 Å². The van der Waals surface area contributed by atoms with Crippen molar-refractivity contribution in [2.75, 3.05) is 58.9 Å². The number of aromatic nitrogens is 2. The topological polar surface area (TPSA) is 162 Å². The van der Waals surface area contributed by atoms with Crippen LogP contribution in [-0.4, -0.2) is 125 Å². The Morgan fingerprint density at radius 3 is 2.07 bits per heavy atom. The van der Waals surface area contributed by atoms with Crippen LogP contribution in [0.5, 0.6) is 0 Å². The smallest absolute Gasteiger partial charge is 0.272 e. The molecule has 4 aliphatic rings. The van der Waals surface area contributed by atoms with Crippen molar-refractivity contribution in [1.29, 1.82) is 0 Å². The molecule has 3 saturated heterocycles. The number of piperazine rings is 1. The van der Waals surface area contributed by atoms with Gasteiger partial charge in [-0.25, -0.2) is 9.49 Å². The molecule has 0 spiro atoms. The Bertz CT molecular complexity index is 2030. The minimum Gasteiger partial charge on any atom is -0.375 e. The van der Waals surface area contributed by atoms with Gasteiger partial charge in [-0.2, -0.15) is 5.10 Å². The van der Waals surface area contributed by atoms with Crippen LogP contribution in [0.15, 0.2) is 59.4 Å². The summed E-state index contributed by atoms with van der Waals surface area (Å²) in [6, 6.07) is 11.7. The minimum absolute atomic E-state index is 0.00945. The lowest BCUT2D eigenvalue weighted by Gasteiger charge is -2.38. The van der Waals surface area contributed by atoms with E-state index >= 15 is 0 Å². The zero-order valence-corrected chi connectivity index (χ0v) is 35.2. The van der Waals surface area contributed by atoms with E-state index in [1.54, 1.807) is 34.1 Å². The van der Waals surface area contributed by atoms with Crippen LogP contribution in [0, 0.1) is 11.7 Å². The molecule has 14 heteroatoms. The van der Waals surface area contributed by atoms with Crippen molar-refractivity contribution in [3.05, 3.63) is 87.6 Å². The number of carbonyl (C=O) groups is 4. The normalized spacial score (nSPS) is 18.5. The second-order valence-corrected chi connectivity index (χ2v) is 16.8. The summed E-state index contributed by atoms with van der Waals surface area (Å²) in [5.74, 6) is -0.433. The molecule has 13 nitrogen and oxygen atoms in total. The number of likely N-dealkylation sites (tertiary alicyclic amines) is 2. The summed E-state index contributed by atoms with van der Waals surface area (Å²) in [6.07, 6.45) is 12.9. The second kappa shape index (κ2) is 21.5. The molecule has 3 aliphatic heterocycles. The maximum absolute atomic E-state index is 15.0. The van der Waals surface area contributed by atoms with Gasteiger partial charge in [0.2, 0.25) is 17.7 Å². The van der Waals surface area contributed by atoms with Crippen LogP contribution < -0.4 is 11.3 Å². The standard InChI is InChI=1S/C40H51FN6O5.C6H11NO/c41-35-11-10-29(25-36-32-8-4-5-9-33(32)39(50)43-42-36)24-34(35)40(51)47-22-20-46(21-23-47)38(49)27-44-16-12-30(13-17-44)52-31-14-18-45(19-15-31)37(48)26-28-6-2-1-3-7-28;1-3-4-5(2)6(7)8/h4-5,8-11,24,28,30-31H,1-3,6-7,12-23,25-27H2,(H,43,50);2-4H2,1H3,(H2,7,8). The molecule has 324 valence electrons. The van der Waals surface area contributed by atoms with E-state index in [1.807, 2.05) is 24.0 Å². The molecule has 3 N–H and O–H groups in total. The summed E-state index contributed by atoms with van der Waals surface area (Å²) in [5, 5.41) is 7.99. The van der Waals surface area contributed by atoms with Crippen molar-refractivity contribution >= 4 is 34.4 Å². The summed E-state index contributed by atoms with van der Waals surface area (Å²) in [4.78, 5) is 69.6. The molecule has 60 heavy (non-hydrogen) atoms. The quantitative estimate of drug-likeness (QED) is 0.236. The fourth-order valence-corrected chi connectivity index (χ4v) is 8.88. The first-order valence-electron chi connectivity index (χ1n) is 21.9. The number of aromatic amines is 1. The maximum atomic E-state index is 15.0. The monoisotopic (exact) mass is 827 g/mol. The molecule has 1 aliphatic carbocycles. The van der Waals surface area contributed by atoms with Crippen molar-refractivity contribution in [2.45, 2.75) is 103 Å². The molecular formula is C46H62FN7O6. The van der Waals surface area contributed by atoms with Gasteiger partial charge >= 0.3 is 0 Å². The van der Waals surface area contributed by atoms with Gasteiger partial charge < -0.3 is 25.2 Å². The number of primary amides is 1. The second-order valence-electron chi connectivity index (χ2n) is 16.8. The van der Waals surface area contributed by atoms with Crippen molar-refractivity contribution < 1.29 is 28.3 Å². The largest absolute Gasteiger partial charge is 0.375 e. The SMILES string of the molecule is C=C(CCC)C(N)=O.O=C(CC1CCCCC1)N1CCC(OC2CCN(CC(=O)N3CCN(C(=O)c4cc(Cc5n[nH]c(=O)c6ccccc56)ccc4F)CC3)CC2)CC1. The van der Waals surface area contributed by atoms with Gasteiger partial charge in [0.25, 0.3) is 11.5 Å². The van der Waals surface area contributed by atoms with Crippen LogP contribution in [0.4, 0.5) is 4.39 Å². The summed E-state index contributed by atoms with van der Waals surface area (Å²) in [5.41, 5.74) is 6.47. The zero-order valence-electron chi connectivity index (χ0n) is 35.2. The summed E-state index contributed by atoms with van der Waals surface area (Å²) in [7, 11) is 0. The van der Waals surface area contributed by atoms with Crippen LogP contribution in [-0.2, 0) is 25.5 Å². The Labute approximate surface area is 352 Å². The highest BCUT2D eigenvalue weighted by Gasteiger charge is 2.31. The number of halogens is 1. The lowest BCUT2D eigenvalue weighted by Crippen LogP contribution is -2.53. The number of carbonyl (C=O) groups excluding carboxylic acids is 4. The lowest BCUT2D eigenvalue weighted by molar-refractivity contribution is -0.138. The van der Waals surface area contributed by atoms with Gasteiger partial charge in [-0.05, 0) is 74.6 Å². The number of H-pyrrole nitrogens is 1. The molecule has 0 unspecified atom stereocenters. The minimum atomic E-state index is -0.593. The zero-order chi connectivity index (χ0) is 42.6. The molecule has 7 rings (SSSR count). The Morgan fingerprint density at radius 2 is 1.43 bits per heavy atom. The van der Waals surface area contributed by atoms with E-state index in [0.29, 0.717) is 85.0 Å². The van der Waals surface area contributed by atoms with Gasteiger partial charge in [-0.1, -0.05) is 63.5 Å². The van der Waals surface area contributed by atoms with Crippen LogP contribution in [0.25, 0.3) is 10.8 Å². The Morgan fingerprint density at radius 1 is 0.817 bits per heavy atom. The Kier molecular flexibility index (Phi) is 16.0. The van der Waals surface area contributed by atoms with Gasteiger partial charge in [0, 0.05) is 76.2 Å². The van der Waals surface area contributed by atoms with Gasteiger partial charge in [0.15, 0.2) is 0 Å². The lowest BCUT2D eigenvalue weighted by atomic mass is 9.86. The number of hydrogen-bond donors (Lipinski definition) is 2. The maximum Gasteiger partial charge on any atom is 0.272 e. The third-order valence-electron chi connectivity index (χ3n) is 12.5. The summed E-state index contributed by atoms with van der Waals surface area (Å²) < 4.78 is 21.4. The molecule has 2 aromatic carbocycles. The number of piperidine rings is 2. The average molecular weight is 828 g/mol. The predicted octanol–water partition coefficient (Wildman–Crippen LogP) is 5.21. The molecule has 4 heterocycles. The fraction of sp³-hybridized carbons (Fsp3) is 0.565. The first-order valence-corrected chi connectivity index (χ1v) is 21.9. The number of nitrogens with one attached hydrogen (secondary N) is 1. The van der Waals surface area contributed by atoms with E-state index < -0.39 is 11.7 Å². The summed E-state index contributed by atoms with van der Waals surface area (Å²) >= 11 is 0. The van der Waals surface area contributed by atoms with E-state index in [0.717, 1.165) is 64.7 Å². The first-order chi connectivity index (χ1) is 29.0. The number of fused-ring (bicyclic) bond motifs is 1. The number of rotatable bonds is 12. The fourth-order valence-electron chi connectivity index (χ4n) is 8.88. The molecule has 4 amide bonds. The molecular weight excluding hydrogens is 766 g/mol. The van der Waals surface area contributed by atoms with Crippen LogP contribution in [0.2, 0.25) is 0 Å². The number of nitrogens with zero attached hydrogens (tertiary/aromatic N) is 5. The predicted molar refractivity (Wildman–Crippen MR) is 229 cm³/mol. The van der Waals surface area contributed by atoms with E-state index in [2.05, 4.69) is 21.7 Å². The van der Waals surface area contributed by atoms with E-state index in [-0.39, 0.29) is 35.1 Å². The van der Waals surface area contributed by atoms with Crippen LogP contribution in [0.3, 0.4) is 0 Å². The van der Waals surface area contributed by atoms with Gasteiger partial charge in [-0.3, -0.25) is 28.9 Å². The number of hydrogen-bond acceptors (Lipinski definition) is 8. The Hall–Kier alpha value is -4.95. The third-order valence-corrected chi connectivity index (χ3v) is 12.5. The highest BCUT2D eigenvalue weighted by atomic mass is 19.1. The van der Waals surface area contributed by atoms with Crippen molar-refractivity contribution in [2.24, 2.45) is 11.7 Å². The number of amides is 4. The third kappa shape index (κ3) is 12.1. The number of nitrogens with two attached hydrogens (primary N) is 1. The van der Waals surface area contributed by atoms with E-state index in [9.17, 15) is 28.4 Å². The van der Waals surface area contributed by atoms with Gasteiger partial charge in [0.05, 0.1) is 35.4 Å².